The van der Waals surface area contributed by atoms with Crippen molar-refractivity contribution in [2.24, 2.45) is 5.92 Å². The first-order chi connectivity index (χ1) is 6.16. The van der Waals surface area contributed by atoms with Crippen LogP contribution >= 0.6 is 0 Å². The zero-order valence-electron chi connectivity index (χ0n) is 7.56. The van der Waals surface area contributed by atoms with Crippen LogP contribution in [-0.4, -0.2) is 42.8 Å². The number of carbonyl (C=O) groups is 1. The van der Waals surface area contributed by atoms with Crippen molar-refractivity contribution in [1.29, 1.82) is 0 Å². The Kier molecular flexibility index (Phi) is 3.71. The fraction of sp³-hybridized carbons (Fsp3) is 0.857. The number of rotatable bonds is 3. The third-order valence-corrected chi connectivity index (χ3v) is 2.23. The average Bonchev–Trinajstić information content (AvgIpc) is 2.52. The summed E-state index contributed by atoms with van der Waals surface area (Å²) in [5.41, 5.74) is 0. The normalized spacial score (nSPS) is 27.3. The van der Waals surface area contributed by atoms with Gasteiger partial charge in [0.05, 0.1) is 12.5 Å². The van der Waals surface area contributed by atoms with Crippen LogP contribution in [0.3, 0.4) is 0 Å². The van der Waals surface area contributed by atoms with Gasteiger partial charge in [-0.3, -0.25) is 4.79 Å². The molecular formula is C7H14BNO4. The second-order valence-corrected chi connectivity index (χ2v) is 3.09. The molecule has 1 fully saturated rings. The van der Waals surface area contributed by atoms with Crippen molar-refractivity contribution in [2.75, 3.05) is 19.7 Å². The Labute approximate surface area is 77.2 Å². The molecule has 1 aliphatic rings. The van der Waals surface area contributed by atoms with Crippen LogP contribution in [-0.2, 0) is 9.53 Å². The molecule has 0 aromatic heterocycles. The van der Waals surface area contributed by atoms with Crippen molar-refractivity contribution < 1.29 is 19.6 Å². The minimum Gasteiger partial charge on any atom is -0.466 e. The molecule has 5 nitrogen and oxygen atoms in total. The molecule has 1 saturated heterocycles. The molecule has 0 aromatic rings. The zero-order chi connectivity index (χ0) is 9.84. The Bertz CT molecular complexity index is 187. The number of hydrogen-bond donors (Lipinski definition) is 3. The molecule has 1 heterocycles. The van der Waals surface area contributed by atoms with Gasteiger partial charge < -0.3 is 20.1 Å². The van der Waals surface area contributed by atoms with E-state index in [1.807, 2.05) is 0 Å². The molecule has 74 valence electrons. The molecule has 0 saturated carbocycles. The van der Waals surface area contributed by atoms with E-state index in [2.05, 4.69) is 5.32 Å². The zero-order valence-corrected chi connectivity index (χ0v) is 7.56. The van der Waals surface area contributed by atoms with E-state index < -0.39 is 18.9 Å². The van der Waals surface area contributed by atoms with Crippen molar-refractivity contribution in [3.63, 3.8) is 0 Å². The number of nitrogens with one attached hydrogen (secondary N) is 1. The lowest BCUT2D eigenvalue weighted by Crippen LogP contribution is -2.31. The first-order valence-electron chi connectivity index (χ1n) is 4.40. The highest BCUT2D eigenvalue weighted by molar-refractivity contribution is 6.44. The molecule has 6 heteroatoms. The highest BCUT2D eigenvalue weighted by Crippen LogP contribution is 2.24. The van der Waals surface area contributed by atoms with Gasteiger partial charge in [0.25, 0.3) is 0 Å². The lowest BCUT2D eigenvalue weighted by Gasteiger charge is -2.15. The summed E-state index contributed by atoms with van der Waals surface area (Å²) in [7, 11) is -1.45. The SMILES string of the molecule is CCOC(=O)[C@@H]1CNC[C@H]1B(O)O. The third kappa shape index (κ3) is 2.43. The molecule has 3 N–H and O–H groups in total. The fourth-order valence-electron chi connectivity index (χ4n) is 1.52. The van der Waals surface area contributed by atoms with Crippen LogP contribution in [0.15, 0.2) is 0 Å². The van der Waals surface area contributed by atoms with Crippen LogP contribution in [0.1, 0.15) is 6.92 Å². The summed E-state index contributed by atoms with van der Waals surface area (Å²) < 4.78 is 4.81. The molecule has 0 radical (unpaired) electrons. The van der Waals surface area contributed by atoms with Crippen molar-refractivity contribution in [3.8, 4) is 0 Å². The van der Waals surface area contributed by atoms with Crippen LogP contribution in [0.4, 0.5) is 0 Å². The summed E-state index contributed by atoms with van der Waals surface area (Å²) in [6.45, 7) is 2.95. The van der Waals surface area contributed by atoms with Gasteiger partial charge in [-0.05, 0) is 13.5 Å². The quantitative estimate of drug-likeness (QED) is 0.374. The maximum Gasteiger partial charge on any atom is 0.456 e. The van der Waals surface area contributed by atoms with Crippen molar-refractivity contribution in [1.82, 2.24) is 5.32 Å². The highest BCUT2D eigenvalue weighted by atomic mass is 16.5. The summed E-state index contributed by atoms with van der Waals surface area (Å²) in [6.07, 6.45) is 0. The standard InChI is InChI=1S/C7H14BNO4/c1-2-13-7(10)5-3-9-4-6(5)8(11)12/h5-6,9,11-12H,2-4H2,1H3/t5-,6-/m1/s1. The van der Waals surface area contributed by atoms with Crippen molar-refractivity contribution >= 4 is 13.1 Å². The average molecular weight is 187 g/mol. The van der Waals surface area contributed by atoms with Gasteiger partial charge in [0.15, 0.2) is 0 Å². The summed E-state index contributed by atoms with van der Waals surface area (Å²) in [5, 5.41) is 20.8. The summed E-state index contributed by atoms with van der Waals surface area (Å²) in [6, 6.07) is 0. The van der Waals surface area contributed by atoms with Crippen molar-refractivity contribution in [3.05, 3.63) is 0 Å². The number of hydrogen-bond acceptors (Lipinski definition) is 5. The molecule has 1 rings (SSSR count). The van der Waals surface area contributed by atoms with E-state index in [1.54, 1.807) is 6.92 Å². The minimum absolute atomic E-state index is 0.323. The topological polar surface area (TPSA) is 78.8 Å². The van der Waals surface area contributed by atoms with E-state index in [-0.39, 0.29) is 5.97 Å². The first-order valence-corrected chi connectivity index (χ1v) is 4.40. The Morgan fingerprint density at radius 3 is 2.85 bits per heavy atom. The summed E-state index contributed by atoms with van der Waals surface area (Å²) in [5.74, 6) is -1.23. The maximum atomic E-state index is 11.3. The molecule has 0 unspecified atom stereocenters. The van der Waals surface area contributed by atoms with Crippen molar-refractivity contribution in [2.45, 2.75) is 12.7 Å². The predicted octanol–water partition coefficient (Wildman–Crippen LogP) is -1.39. The largest absolute Gasteiger partial charge is 0.466 e. The second-order valence-electron chi connectivity index (χ2n) is 3.09. The summed E-state index contributed by atoms with van der Waals surface area (Å²) in [4.78, 5) is 11.3. The van der Waals surface area contributed by atoms with Gasteiger partial charge in [0, 0.05) is 12.4 Å². The lowest BCUT2D eigenvalue weighted by atomic mass is 9.67. The van der Waals surface area contributed by atoms with Crippen LogP contribution in [0, 0.1) is 5.92 Å². The monoisotopic (exact) mass is 187 g/mol. The Morgan fingerprint density at radius 1 is 1.62 bits per heavy atom. The smallest absolute Gasteiger partial charge is 0.456 e. The molecular weight excluding hydrogens is 173 g/mol. The maximum absolute atomic E-state index is 11.3. The van der Waals surface area contributed by atoms with E-state index in [0.29, 0.717) is 19.7 Å². The fourth-order valence-corrected chi connectivity index (χ4v) is 1.52. The number of ether oxygens (including phenoxy) is 1. The molecule has 1 aliphatic heterocycles. The Morgan fingerprint density at radius 2 is 2.31 bits per heavy atom. The van der Waals surface area contributed by atoms with Gasteiger partial charge in [0.1, 0.15) is 0 Å². The Balaban J connectivity index is 2.52. The molecule has 0 aliphatic carbocycles. The minimum atomic E-state index is -1.45. The first kappa shape index (κ1) is 10.5. The molecule has 0 spiro atoms. The second kappa shape index (κ2) is 4.60. The van der Waals surface area contributed by atoms with Gasteiger partial charge >= 0.3 is 13.1 Å². The van der Waals surface area contributed by atoms with Crippen LogP contribution in [0.2, 0.25) is 5.82 Å². The van der Waals surface area contributed by atoms with Gasteiger partial charge in [-0.15, -0.1) is 0 Å². The Hall–Kier alpha value is -0.585. The molecule has 13 heavy (non-hydrogen) atoms. The van der Waals surface area contributed by atoms with E-state index in [1.165, 1.54) is 0 Å². The highest BCUT2D eigenvalue weighted by Gasteiger charge is 2.40. The van der Waals surface area contributed by atoms with Gasteiger partial charge in [-0.2, -0.15) is 0 Å². The van der Waals surface area contributed by atoms with Crippen LogP contribution < -0.4 is 5.32 Å². The van der Waals surface area contributed by atoms with E-state index in [4.69, 9.17) is 14.8 Å². The predicted molar refractivity (Wildman–Crippen MR) is 46.9 cm³/mol. The van der Waals surface area contributed by atoms with E-state index in [0.717, 1.165) is 0 Å². The number of carbonyl (C=O) groups excluding carboxylic acids is 1. The third-order valence-electron chi connectivity index (χ3n) is 2.23. The molecule has 0 bridgehead atoms. The summed E-state index contributed by atoms with van der Waals surface area (Å²) >= 11 is 0. The van der Waals surface area contributed by atoms with Gasteiger partial charge in [-0.25, -0.2) is 0 Å². The van der Waals surface area contributed by atoms with E-state index in [9.17, 15) is 4.79 Å². The lowest BCUT2D eigenvalue weighted by molar-refractivity contribution is -0.147. The molecule has 0 amide bonds. The van der Waals surface area contributed by atoms with Crippen LogP contribution in [0.5, 0.6) is 0 Å². The molecule has 0 aromatic carbocycles. The molecule has 2 atom stereocenters. The number of esters is 1. The van der Waals surface area contributed by atoms with Crippen LogP contribution in [0.25, 0.3) is 0 Å². The van der Waals surface area contributed by atoms with E-state index >= 15 is 0 Å². The van der Waals surface area contributed by atoms with Gasteiger partial charge in [-0.1, -0.05) is 0 Å². The van der Waals surface area contributed by atoms with Gasteiger partial charge in [0.2, 0.25) is 0 Å².